The SMILES string of the molecule is Cc1cc(OC(F)(F)F)c(CN)c(C=O)n1. The number of ether oxygens (including phenoxy) is 1. The van der Waals surface area contributed by atoms with Crippen molar-refractivity contribution in [1.29, 1.82) is 0 Å². The predicted octanol–water partition coefficient (Wildman–Crippen LogP) is 1.56. The summed E-state index contributed by atoms with van der Waals surface area (Å²) in [7, 11) is 0. The van der Waals surface area contributed by atoms with Crippen molar-refractivity contribution in [3.05, 3.63) is 23.0 Å². The van der Waals surface area contributed by atoms with Gasteiger partial charge >= 0.3 is 6.36 Å². The number of pyridine rings is 1. The minimum absolute atomic E-state index is 0.0575. The molecule has 7 heteroatoms. The summed E-state index contributed by atoms with van der Waals surface area (Å²) in [5.74, 6) is -0.482. The zero-order chi connectivity index (χ0) is 12.3. The van der Waals surface area contributed by atoms with Gasteiger partial charge in [0.05, 0.1) is 0 Å². The minimum atomic E-state index is -4.82. The van der Waals surface area contributed by atoms with E-state index in [2.05, 4.69) is 9.72 Å². The van der Waals surface area contributed by atoms with E-state index in [0.29, 0.717) is 6.29 Å². The van der Waals surface area contributed by atoms with Crippen molar-refractivity contribution in [2.75, 3.05) is 0 Å². The molecule has 0 spiro atoms. The number of aromatic nitrogens is 1. The maximum Gasteiger partial charge on any atom is 0.573 e. The van der Waals surface area contributed by atoms with Gasteiger partial charge in [0, 0.05) is 23.9 Å². The van der Waals surface area contributed by atoms with E-state index >= 15 is 0 Å². The molecule has 0 amide bonds. The molecule has 4 nitrogen and oxygen atoms in total. The van der Waals surface area contributed by atoms with E-state index in [4.69, 9.17) is 5.73 Å². The zero-order valence-corrected chi connectivity index (χ0v) is 8.34. The molecular formula is C9H9F3N2O2. The van der Waals surface area contributed by atoms with Crippen molar-refractivity contribution >= 4 is 6.29 Å². The third-order valence-corrected chi connectivity index (χ3v) is 1.78. The number of carbonyl (C=O) groups is 1. The highest BCUT2D eigenvalue weighted by Gasteiger charge is 2.32. The number of hydrogen-bond acceptors (Lipinski definition) is 4. The normalized spacial score (nSPS) is 11.3. The molecule has 0 saturated heterocycles. The molecule has 0 atom stereocenters. The molecule has 88 valence electrons. The summed E-state index contributed by atoms with van der Waals surface area (Å²) in [5.41, 5.74) is 5.30. The van der Waals surface area contributed by atoms with Crippen molar-refractivity contribution in [3.8, 4) is 5.75 Å². The van der Waals surface area contributed by atoms with Crippen LogP contribution in [0.3, 0.4) is 0 Å². The maximum absolute atomic E-state index is 12.1. The number of aldehydes is 1. The van der Waals surface area contributed by atoms with Gasteiger partial charge in [-0.15, -0.1) is 13.2 Å². The second-order valence-corrected chi connectivity index (χ2v) is 3.00. The molecule has 0 fully saturated rings. The first-order chi connectivity index (χ1) is 7.37. The molecule has 0 aliphatic rings. The van der Waals surface area contributed by atoms with E-state index in [0.717, 1.165) is 6.07 Å². The number of rotatable bonds is 3. The smallest absolute Gasteiger partial charge is 0.405 e. The third-order valence-electron chi connectivity index (χ3n) is 1.78. The van der Waals surface area contributed by atoms with Crippen LogP contribution in [-0.2, 0) is 6.54 Å². The first-order valence-corrected chi connectivity index (χ1v) is 4.29. The molecule has 0 aliphatic heterocycles. The van der Waals surface area contributed by atoms with E-state index in [9.17, 15) is 18.0 Å². The van der Waals surface area contributed by atoms with Crippen molar-refractivity contribution in [3.63, 3.8) is 0 Å². The van der Waals surface area contributed by atoms with Crippen LogP contribution in [0.4, 0.5) is 13.2 Å². The monoisotopic (exact) mass is 234 g/mol. The number of nitrogens with zero attached hydrogens (tertiary/aromatic N) is 1. The number of nitrogens with two attached hydrogens (primary N) is 1. The van der Waals surface area contributed by atoms with Gasteiger partial charge in [-0.2, -0.15) is 0 Å². The zero-order valence-electron chi connectivity index (χ0n) is 8.34. The van der Waals surface area contributed by atoms with Crippen molar-refractivity contribution in [2.24, 2.45) is 5.73 Å². The topological polar surface area (TPSA) is 65.2 Å². The summed E-state index contributed by atoms with van der Waals surface area (Å²) in [4.78, 5) is 14.4. The molecule has 1 aromatic rings. The predicted molar refractivity (Wildman–Crippen MR) is 48.9 cm³/mol. The lowest BCUT2D eigenvalue weighted by Gasteiger charge is -2.13. The molecule has 16 heavy (non-hydrogen) atoms. The molecule has 0 saturated carbocycles. The number of hydrogen-bond donors (Lipinski definition) is 1. The Bertz CT molecular complexity index is 404. The van der Waals surface area contributed by atoms with Gasteiger partial charge in [0.15, 0.2) is 6.29 Å². The third kappa shape index (κ3) is 2.93. The number of carbonyl (C=O) groups excluding carboxylic acids is 1. The number of alkyl halides is 3. The summed E-state index contributed by atoms with van der Waals surface area (Å²) in [6.45, 7) is 1.20. The fraction of sp³-hybridized carbons (Fsp3) is 0.333. The Morgan fingerprint density at radius 1 is 1.56 bits per heavy atom. The number of aryl methyl sites for hydroxylation is 1. The molecule has 0 unspecified atom stereocenters. The van der Waals surface area contributed by atoms with E-state index in [-0.39, 0.29) is 23.5 Å². The Morgan fingerprint density at radius 2 is 2.19 bits per heavy atom. The lowest BCUT2D eigenvalue weighted by atomic mass is 10.1. The Hall–Kier alpha value is -1.63. The van der Waals surface area contributed by atoms with Crippen LogP contribution in [0.25, 0.3) is 0 Å². The average Bonchev–Trinajstić information content (AvgIpc) is 2.14. The highest BCUT2D eigenvalue weighted by molar-refractivity contribution is 5.75. The fourth-order valence-electron chi connectivity index (χ4n) is 1.21. The Kier molecular flexibility index (Phi) is 3.48. The first kappa shape index (κ1) is 12.4. The summed E-state index contributed by atoms with van der Waals surface area (Å²) >= 11 is 0. The van der Waals surface area contributed by atoms with Crippen molar-refractivity contribution in [2.45, 2.75) is 19.8 Å². The van der Waals surface area contributed by atoms with Crippen LogP contribution >= 0.6 is 0 Å². The number of halogens is 3. The van der Waals surface area contributed by atoms with Crippen LogP contribution in [-0.4, -0.2) is 17.6 Å². The van der Waals surface area contributed by atoms with Crippen molar-refractivity contribution in [1.82, 2.24) is 4.98 Å². The standard InChI is InChI=1S/C9H9F3N2O2/c1-5-2-8(16-9(10,11)12)6(3-13)7(4-15)14-5/h2,4H,3,13H2,1H3. The largest absolute Gasteiger partial charge is 0.573 e. The Morgan fingerprint density at radius 3 is 2.62 bits per heavy atom. The Balaban J connectivity index is 3.25. The maximum atomic E-state index is 12.1. The van der Waals surface area contributed by atoms with Crippen LogP contribution < -0.4 is 10.5 Å². The molecule has 1 aromatic heterocycles. The van der Waals surface area contributed by atoms with E-state index in [1.807, 2.05) is 0 Å². The quantitative estimate of drug-likeness (QED) is 0.806. The molecule has 1 heterocycles. The molecule has 0 radical (unpaired) electrons. The van der Waals surface area contributed by atoms with Crippen LogP contribution in [0.2, 0.25) is 0 Å². The van der Waals surface area contributed by atoms with Gasteiger partial charge in [0.1, 0.15) is 11.4 Å². The van der Waals surface area contributed by atoms with Crippen molar-refractivity contribution < 1.29 is 22.7 Å². The van der Waals surface area contributed by atoms with Gasteiger partial charge in [-0.05, 0) is 6.92 Å². The van der Waals surface area contributed by atoms with Gasteiger partial charge in [-0.25, -0.2) is 4.98 Å². The van der Waals surface area contributed by atoms with Crippen LogP contribution in [0.15, 0.2) is 6.07 Å². The molecule has 0 bridgehead atoms. The minimum Gasteiger partial charge on any atom is -0.405 e. The summed E-state index contributed by atoms with van der Waals surface area (Å²) in [6, 6.07) is 1.09. The molecule has 2 N–H and O–H groups in total. The molecular weight excluding hydrogens is 225 g/mol. The average molecular weight is 234 g/mol. The van der Waals surface area contributed by atoms with Gasteiger partial charge in [-0.3, -0.25) is 4.79 Å². The van der Waals surface area contributed by atoms with E-state index < -0.39 is 12.1 Å². The van der Waals surface area contributed by atoms with Gasteiger partial charge < -0.3 is 10.5 Å². The lowest BCUT2D eigenvalue weighted by molar-refractivity contribution is -0.274. The fourth-order valence-corrected chi connectivity index (χ4v) is 1.21. The van der Waals surface area contributed by atoms with E-state index in [1.54, 1.807) is 0 Å². The van der Waals surface area contributed by atoms with Gasteiger partial charge in [0.25, 0.3) is 0 Å². The lowest BCUT2D eigenvalue weighted by Crippen LogP contribution is -2.20. The van der Waals surface area contributed by atoms with Crippen LogP contribution in [0, 0.1) is 6.92 Å². The van der Waals surface area contributed by atoms with Crippen LogP contribution in [0.1, 0.15) is 21.7 Å². The first-order valence-electron chi connectivity index (χ1n) is 4.29. The summed E-state index contributed by atoms with van der Waals surface area (Å²) in [6.07, 6.45) is -4.48. The molecule has 1 rings (SSSR count). The summed E-state index contributed by atoms with van der Waals surface area (Å²) in [5, 5.41) is 0. The summed E-state index contributed by atoms with van der Waals surface area (Å²) < 4.78 is 39.9. The Labute approximate surface area is 89.2 Å². The molecule has 0 aromatic carbocycles. The van der Waals surface area contributed by atoms with Crippen LogP contribution in [0.5, 0.6) is 5.75 Å². The second kappa shape index (κ2) is 4.48. The molecule has 0 aliphatic carbocycles. The highest BCUT2D eigenvalue weighted by Crippen LogP contribution is 2.27. The second-order valence-electron chi connectivity index (χ2n) is 3.00. The van der Waals surface area contributed by atoms with E-state index in [1.165, 1.54) is 6.92 Å². The van der Waals surface area contributed by atoms with Gasteiger partial charge in [-0.1, -0.05) is 0 Å². The van der Waals surface area contributed by atoms with Gasteiger partial charge in [0.2, 0.25) is 0 Å². The highest BCUT2D eigenvalue weighted by atomic mass is 19.4.